The molecule has 0 heteroatoms. The molecule has 0 spiro atoms. The van der Waals surface area contributed by atoms with Crippen molar-refractivity contribution in [2.75, 3.05) is 0 Å². The lowest BCUT2D eigenvalue weighted by molar-refractivity contribution is 0.524. The van der Waals surface area contributed by atoms with Gasteiger partial charge in [-0.1, -0.05) is 53.7 Å². The van der Waals surface area contributed by atoms with Crippen molar-refractivity contribution >= 4 is 0 Å². The van der Waals surface area contributed by atoms with E-state index >= 15 is 0 Å². The van der Waals surface area contributed by atoms with Crippen LogP contribution in [0.2, 0.25) is 0 Å². The highest BCUT2D eigenvalue weighted by Gasteiger charge is 2.27. The molecule has 1 aromatic rings. The topological polar surface area (TPSA) is 0 Å². The smallest absolute Gasteiger partial charge is 0.0126 e. The van der Waals surface area contributed by atoms with Gasteiger partial charge in [0.05, 0.1) is 0 Å². The van der Waals surface area contributed by atoms with Crippen LogP contribution in [0.5, 0.6) is 0 Å². The fourth-order valence-corrected chi connectivity index (χ4v) is 2.74. The first-order chi connectivity index (χ1) is 7.05. The fraction of sp³-hybridized carbons (Fsp3) is 0.625. The van der Waals surface area contributed by atoms with Crippen molar-refractivity contribution in [1.82, 2.24) is 0 Å². The monoisotopic (exact) mass is 218 g/mol. The fourth-order valence-electron chi connectivity index (χ4n) is 2.74. The molecule has 0 aromatic heterocycles. The van der Waals surface area contributed by atoms with Gasteiger partial charge >= 0.3 is 0 Å². The molecule has 1 rings (SSSR count). The van der Waals surface area contributed by atoms with Gasteiger partial charge in [0, 0.05) is 0 Å². The van der Waals surface area contributed by atoms with Crippen molar-refractivity contribution < 1.29 is 0 Å². The van der Waals surface area contributed by atoms with E-state index in [0.717, 1.165) is 0 Å². The molecule has 0 amide bonds. The third-order valence-corrected chi connectivity index (χ3v) is 3.12. The number of aryl methyl sites for hydroxylation is 2. The quantitative estimate of drug-likeness (QED) is 0.581. The average Bonchev–Trinajstić information content (AvgIpc) is 2.04. The molecule has 0 saturated carbocycles. The predicted molar refractivity (Wildman–Crippen MR) is 73.3 cm³/mol. The van der Waals surface area contributed by atoms with Crippen molar-refractivity contribution in [2.45, 2.75) is 66.2 Å². The normalized spacial score (nSPS) is 13.0. The number of rotatable bonds is 0. The van der Waals surface area contributed by atoms with Crippen LogP contribution in [0.25, 0.3) is 0 Å². The summed E-state index contributed by atoms with van der Waals surface area (Å²) < 4.78 is 0. The third-order valence-electron chi connectivity index (χ3n) is 3.12. The Labute approximate surface area is 101 Å². The van der Waals surface area contributed by atoms with Gasteiger partial charge in [0.25, 0.3) is 0 Å². The summed E-state index contributed by atoms with van der Waals surface area (Å²) in [4.78, 5) is 0. The molecular formula is C16H26. The highest BCUT2D eigenvalue weighted by atomic mass is 14.3. The van der Waals surface area contributed by atoms with Crippen LogP contribution < -0.4 is 0 Å². The van der Waals surface area contributed by atoms with Crippen LogP contribution in [0.1, 0.15) is 63.8 Å². The van der Waals surface area contributed by atoms with Crippen molar-refractivity contribution in [3.8, 4) is 0 Å². The molecule has 0 fully saturated rings. The maximum Gasteiger partial charge on any atom is -0.0126 e. The maximum absolute atomic E-state index is 2.31. The molecule has 1 aromatic carbocycles. The van der Waals surface area contributed by atoms with E-state index in [-0.39, 0.29) is 10.8 Å². The highest BCUT2D eigenvalue weighted by molar-refractivity contribution is 5.47. The van der Waals surface area contributed by atoms with E-state index in [1.54, 1.807) is 0 Å². The van der Waals surface area contributed by atoms with Gasteiger partial charge in [-0.05, 0) is 46.9 Å². The lowest BCUT2D eigenvalue weighted by atomic mass is 9.72. The summed E-state index contributed by atoms with van der Waals surface area (Å²) in [7, 11) is 0. The zero-order valence-corrected chi connectivity index (χ0v) is 12.2. The van der Waals surface area contributed by atoms with Crippen LogP contribution in [0.4, 0.5) is 0 Å². The van der Waals surface area contributed by atoms with Gasteiger partial charge in [-0.25, -0.2) is 0 Å². The molecule has 0 aliphatic heterocycles. The predicted octanol–water partition coefficient (Wildman–Crippen LogP) is 4.90. The van der Waals surface area contributed by atoms with E-state index in [4.69, 9.17) is 0 Å². The molecule has 0 heterocycles. The van der Waals surface area contributed by atoms with Crippen molar-refractivity contribution in [3.05, 3.63) is 34.4 Å². The third kappa shape index (κ3) is 2.48. The number of benzene rings is 1. The first-order valence-corrected chi connectivity index (χ1v) is 6.16. The summed E-state index contributed by atoms with van der Waals surface area (Å²) in [6, 6.07) is 4.51. The standard InChI is InChI=1S/C16H26/c1-11-9-10-12(2)14(16(6,7)8)13(11)15(3,4)5/h9-10H,1-8H3. The van der Waals surface area contributed by atoms with Crippen LogP contribution in [0.15, 0.2) is 12.1 Å². The lowest BCUT2D eigenvalue weighted by Crippen LogP contribution is -2.24. The van der Waals surface area contributed by atoms with E-state index in [9.17, 15) is 0 Å². The SMILES string of the molecule is Cc1ccc(C)c(C(C)(C)C)c1C(C)(C)C. The Morgan fingerprint density at radius 3 is 1.06 bits per heavy atom. The summed E-state index contributed by atoms with van der Waals surface area (Å²) in [5, 5.41) is 0. The second kappa shape index (κ2) is 3.91. The Morgan fingerprint density at radius 1 is 0.625 bits per heavy atom. The molecule has 0 bridgehead atoms. The molecule has 0 atom stereocenters. The van der Waals surface area contributed by atoms with Crippen molar-refractivity contribution in [1.29, 1.82) is 0 Å². The molecule has 0 aliphatic carbocycles. The number of hydrogen-bond acceptors (Lipinski definition) is 0. The second-order valence-electron chi connectivity index (χ2n) is 6.95. The molecule has 90 valence electrons. The zero-order chi connectivity index (χ0) is 12.7. The minimum atomic E-state index is 0.221. The van der Waals surface area contributed by atoms with E-state index in [2.05, 4.69) is 67.5 Å². The van der Waals surface area contributed by atoms with Gasteiger partial charge < -0.3 is 0 Å². The van der Waals surface area contributed by atoms with Gasteiger partial charge in [-0.2, -0.15) is 0 Å². The number of hydrogen-bond donors (Lipinski definition) is 0. The molecular weight excluding hydrogens is 192 g/mol. The Balaban J connectivity index is 3.64. The maximum atomic E-state index is 2.31. The minimum Gasteiger partial charge on any atom is -0.0587 e. The van der Waals surface area contributed by atoms with E-state index in [0.29, 0.717) is 0 Å². The molecule has 0 aliphatic rings. The van der Waals surface area contributed by atoms with Gasteiger partial charge in [0.1, 0.15) is 0 Å². The Bertz CT molecular complexity index is 345. The van der Waals surface area contributed by atoms with Crippen molar-refractivity contribution in [3.63, 3.8) is 0 Å². The van der Waals surface area contributed by atoms with Crippen LogP contribution in [-0.4, -0.2) is 0 Å². The molecule has 0 saturated heterocycles. The van der Waals surface area contributed by atoms with Crippen LogP contribution in [-0.2, 0) is 10.8 Å². The summed E-state index contributed by atoms with van der Waals surface area (Å²) in [6.45, 7) is 18.3. The molecule has 16 heavy (non-hydrogen) atoms. The summed E-state index contributed by atoms with van der Waals surface area (Å²) in [5.74, 6) is 0. The molecule has 0 unspecified atom stereocenters. The average molecular weight is 218 g/mol. The molecule has 0 nitrogen and oxygen atoms in total. The van der Waals surface area contributed by atoms with E-state index in [1.165, 1.54) is 22.3 Å². The summed E-state index contributed by atoms with van der Waals surface area (Å²) >= 11 is 0. The Hall–Kier alpha value is -0.780. The van der Waals surface area contributed by atoms with Crippen LogP contribution >= 0.6 is 0 Å². The van der Waals surface area contributed by atoms with Gasteiger partial charge in [0.2, 0.25) is 0 Å². The van der Waals surface area contributed by atoms with Gasteiger partial charge in [0.15, 0.2) is 0 Å². The van der Waals surface area contributed by atoms with Crippen molar-refractivity contribution in [2.24, 2.45) is 0 Å². The van der Waals surface area contributed by atoms with Gasteiger partial charge in [-0.3, -0.25) is 0 Å². The Morgan fingerprint density at radius 2 is 0.875 bits per heavy atom. The first-order valence-electron chi connectivity index (χ1n) is 6.16. The minimum absolute atomic E-state index is 0.221. The van der Waals surface area contributed by atoms with E-state index in [1.807, 2.05) is 0 Å². The van der Waals surface area contributed by atoms with Crippen LogP contribution in [0, 0.1) is 13.8 Å². The highest BCUT2D eigenvalue weighted by Crippen LogP contribution is 2.37. The molecule has 0 N–H and O–H groups in total. The second-order valence-corrected chi connectivity index (χ2v) is 6.95. The zero-order valence-electron chi connectivity index (χ0n) is 12.2. The summed E-state index contributed by atoms with van der Waals surface area (Å²) in [5.41, 5.74) is 6.34. The largest absolute Gasteiger partial charge is 0.0587 e. The Kier molecular flexibility index (Phi) is 3.24. The molecule has 0 radical (unpaired) electrons. The lowest BCUT2D eigenvalue weighted by Gasteiger charge is -2.33. The first kappa shape index (κ1) is 13.3. The van der Waals surface area contributed by atoms with E-state index < -0.39 is 0 Å². The summed E-state index contributed by atoms with van der Waals surface area (Å²) in [6.07, 6.45) is 0. The van der Waals surface area contributed by atoms with Gasteiger partial charge in [-0.15, -0.1) is 0 Å². The van der Waals surface area contributed by atoms with Crippen LogP contribution in [0.3, 0.4) is 0 Å².